The Morgan fingerprint density at radius 1 is 1.45 bits per heavy atom. The van der Waals surface area contributed by atoms with Gasteiger partial charge in [-0.05, 0) is 34.5 Å². The van der Waals surface area contributed by atoms with Crippen molar-refractivity contribution < 1.29 is 5.11 Å². The SMILES string of the molecule is CCc1ccc(CNc2cnn(CCO)c(=O)c2Br)s1. The summed E-state index contributed by atoms with van der Waals surface area (Å²) in [6.45, 7) is 2.88. The lowest BCUT2D eigenvalue weighted by molar-refractivity contribution is 0.266. The molecule has 2 aromatic heterocycles. The third kappa shape index (κ3) is 3.47. The molecule has 2 rings (SSSR count). The number of thiophene rings is 1. The molecule has 0 spiro atoms. The van der Waals surface area contributed by atoms with E-state index < -0.39 is 0 Å². The molecule has 0 saturated carbocycles. The van der Waals surface area contributed by atoms with Crippen LogP contribution in [0.3, 0.4) is 0 Å². The van der Waals surface area contributed by atoms with E-state index >= 15 is 0 Å². The molecule has 0 radical (unpaired) electrons. The number of aryl methyl sites for hydroxylation is 1. The highest BCUT2D eigenvalue weighted by atomic mass is 79.9. The Hall–Kier alpha value is -1.18. The van der Waals surface area contributed by atoms with Crippen molar-refractivity contribution in [2.45, 2.75) is 26.4 Å². The van der Waals surface area contributed by atoms with E-state index in [9.17, 15) is 4.79 Å². The molecule has 2 aromatic rings. The summed E-state index contributed by atoms with van der Waals surface area (Å²) < 4.78 is 1.67. The van der Waals surface area contributed by atoms with Crippen molar-refractivity contribution in [2.75, 3.05) is 11.9 Å². The van der Waals surface area contributed by atoms with E-state index in [1.54, 1.807) is 17.5 Å². The fraction of sp³-hybridized carbons (Fsp3) is 0.385. The highest BCUT2D eigenvalue weighted by Gasteiger charge is 2.08. The molecule has 108 valence electrons. The largest absolute Gasteiger partial charge is 0.394 e. The number of halogens is 1. The van der Waals surface area contributed by atoms with Gasteiger partial charge in [0.25, 0.3) is 5.56 Å². The topological polar surface area (TPSA) is 67.2 Å². The molecular weight excluding hydrogens is 342 g/mol. The Bertz CT molecular complexity index is 639. The highest BCUT2D eigenvalue weighted by molar-refractivity contribution is 9.10. The average Bonchev–Trinajstić information content (AvgIpc) is 2.91. The van der Waals surface area contributed by atoms with Crippen molar-refractivity contribution in [3.05, 3.63) is 42.9 Å². The minimum absolute atomic E-state index is 0.110. The molecule has 0 unspecified atom stereocenters. The molecule has 0 saturated heterocycles. The standard InChI is InChI=1S/C13H16BrN3O2S/c1-2-9-3-4-10(20-9)7-15-11-8-16-17(5-6-18)13(19)12(11)14/h3-4,8,15,18H,2,5-7H2,1H3. The fourth-order valence-corrected chi connectivity index (χ4v) is 3.08. The second kappa shape index (κ2) is 7.01. The Morgan fingerprint density at radius 3 is 2.85 bits per heavy atom. The Labute approximate surface area is 129 Å². The number of aromatic nitrogens is 2. The zero-order chi connectivity index (χ0) is 14.5. The maximum absolute atomic E-state index is 11.9. The Morgan fingerprint density at radius 2 is 2.20 bits per heavy atom. The summed E-state index contributed by atoms with van der Waals surface area (Å²) in [5.74, 6) is 0. The summed E-state index contributed by atoms with van der Waals surface area (Å²) in [6.07, 6.45) is 2.63. The van der Waals surface area contributed by atoms with Crippen LogP contribution < -0.4 is 10.9 Å². The van der Waals surface area contributed by atoms with Crippen LogP contribution in [0.5, 0.6) is 0 Å². The summed E-state index contributed by atoms with van der Waals surface area (Å²) in [6, 6.07) is 4.21. The predicted molar refractivity (Wildman–Crippen MR) is 84.3 cm³/mol. The third-order valence-corrected chi connectivity index (χ3v) is 4.81. The van der Waals surface area contributed by atoms with E-state index in [0.29, 0.717) is 16.7 Å². The number of anilines is 1. The molecule has 7 heteroatoms. The van der Waals surface area contributed by atoms with Gasteiger partial charge < -0.3 is 10.4 Å². The second-order valence-electron chi connectivity index (χ2n) is 4.20. The molecule has 0 atom stereocenters. The molecule has 0 bridgehead atoms. The van der Waals surface area contributed by atoms with E-state index in [0.717, 1.165) is 6.42 Å². The van der Waals surface area contributed by atoms with Gasteiger partial charge in [-0.3, -0.25) is 4.79 Å². The summed E-state index contributed by atoms with van der Waals surface area (Å²) in [4.78, 5) is 14.5. The second-order valence-corrected chi connectivity index (χ2v) is 6.25. The van der Waals surface area contributed by atoms with Crippen LogP contribution in [-0.2, 0) is 19.5 Å². The van der Waals surface area contributed by atoms with Crippen LogP contribution in [-0.4, -0.2) is 21.5 Å². The van der Waals surface area contributed by atoms with Crippen molar-refractivity contribution in [1.82, 2.24) is 9.78 Å². The van der Waals surface area contributed by atoms with Gasteiger partial charge in [0.05, 0.1) is 25.0 Å². The van der Waals surface area contributed by atoms with Gasteiger partial charge in [-0.25, -0.2) is 4.68 Å². The van der Waals surface area contributed by atoms with Crippen molar-refractivity contribution in [1.29, 1.82) is 0 Å². The van der Waals surface area contributed by atoms with Crippen molar-refractivity contribution in [2.24, 2.45) is 0 Å². The number of aliphatic hydroxyl groups is 1. The summed E-state index contributed by atoms with van der Waals surface area (Å²) in [5, 5.41) is 16.1. The van der Waals surface area contributed by atoms with Gasteiger partial charge in [0, 0.05) is 16.3 Å². The van der Waals surface area contributed by atoms with Crippen LogP contribution in [0.25, 0.3) is 0 Å². The summed E-state index contributed by atoms with van der Waals surface area (Å²) in [7, 11) is 0. The molecular formula is C13H16BrN3O2S. The molecule has 20 heavy (non-hydrogen) atoms. The van der Waals surface area contributed by atoms with Gasteiger partial charge in [0.2, 0.25) is 0 Å². The first-order chi connectivity index (χ1) is 9.65. The van der Waals surface area contributed by atoms with Gasteiger partial charge >= 0.3 is 0 Å². The minimum Gasteiger partial charge on any atom is -0.394 e. The number of nitrogens with zero attached hydrogens (tertiary/aromatic N) is 2. The van der Waals surface area contributed by atoms with Gasteiger partial charge in [0.1, 0.15) is 4.47 Å². The molecule has 0 amide bonds. The first kappa shape index (κ1) is 15.2. The van der Waals surface area contributed by atoms with Crippen LogP contribution in [0.15, 0.2) is 27.6 Å². The Kier molecular flexibility index (Phi) is 5.33. The minimum atomic E-state index is -0.246. The van der Waals surface area contributed by atoms with E-state index in [1.807, 2.05) is 0 Å². The van der Waals surface area contributed by atoms with Crippen LogP contribution >= 0.6 is 27.3 Å². The normalized spacial score (nSPS) is 10.8. The maximum atomic E-state index is 11.9. The number of hydrogen-bond acceptors (Lipinski definition) is 5. The number of rotatable bonds is 6. The molecule has 0 fully saturated rings. The quantitative estimate of drug-likeness (QED) is 0.831. The first-order valence-electron chi connectivity index (χ1n) is 6.33. The monoisotopic (exact) mass is 357 g/mol. The van der Waals surface area contributed by atoms with Crippen molar-refractivity contribution >= 4 is 33.0 Å². The van der Waals surface area contributed by atoms with E-state index in [1.165, 1.54) is 14.4 Å². The van der Waals surface area contributed by atoms with Gasteiger partial charge in [0.15, 0.2) is 0 Å². The third-order valence-electron chi connectivity index (χ3n) is 2.82. The lowest BCUT2D eigenvalue weighted by atomic mass is 10.3. The average molecular weight is 358 g/mol. The van der Waals surface area contributed by atoms with E-state index in [4.69, 9.17) is 5.11 Å². The Balaban J connectivity index is 2.10. The zero-order valence-corrected chi connectivity index (χ0v) is 13.5. The lowest BCUT2D eigenvalue weighted by Crippen LogP contribution is -2.25. The first-order valence-corrected chi connectivity index (χ1v) is 7.94. The zero-order valence-electron chi connectivity index (χ0n) is 11.1. The lowest BCUT2D eigenvalue weighted by Gasteiger charge is -2.09. The molecule has 5 nitrogen and oxygen atoms in total. The summed E-state index contributed by atoms with van der Waals surface area (Å²) in [5.41, 5.74) is 0.417. The van der Waals surface area contributed by atoms with Crippen LogP contribution in [0, 0.1) is 0 Å². The fourth-order valence-electron chi connectivity index (χ4n) is 1.73. The van der Waals surface area contributed by atoms with Crippen LogP contribution in [0.2, 0.25) is 0 Å². The molecule has 2 N–H and O–H groups in total. The summed E-state index contributed by atoms with van der Waals surface area (Å²) >= 11 is 5.04. The van der Waals surface area contributed by atoms with Crippen molar-refractivity contribution in [3.63, 3.8) is 0 Å². The number of aliphatic hydroxyl groups excluding tert-OH is 1. The maximum Gasteiger partial charge on any atom is 0.283 e. The molecule has 0 aliphatic rings. The van der Waals surface area contributed by atoms with Crippen LogP contribution in [0.1, 0.15) is 16.7 Å². The molecule has 0 aromatic carbocycles. The molecule has 2 heterocycles. The van der Waals surface area contributed by atoms with Gasteiger partial charge in [-0.1, -0.05) is 6.92 Å². The van der Waals surface area contributed by atoms with Crippen LogP contribution in [0.4, 0.5) is 5.69 Å². The van der Waals surface area contributed by atoms with Gasteiger partial charge in [-0.15, -0.1) is 11.3 Å². The molecule has 0 aliphatic carbocycles. The highest BCUT2D eigenvalue weighted by Crippen LogP contribution is 2.21. The van der Waals surface area contributed by atoms with Crippen molar-refractivity contribution in [3.8, 4) is 0 Å². The number of hydrogen-bond donors (Lipinski definition) is 2. The van der Waals surface area contributed by atoms with E-state index in [-0.39, 0.29) is 18.7 Å². The molecule has 0 aliphatic heterocycles. The van der Waals surface area contributed by atoms with Gasteiger partial charge in [-0.2, -0.15) is 5.10 Å². The van der Waals surface area contributed by atoms with E-state index in [2.05, 4.69) is 45.4 Å². The predicted octanol–water partition coefficient (Wildman–Crippen LogP) is 2.23. The number of nitrogens with one attached hydrogen (secondary N) is 1. The smallest absolute Gasteiger partial charge is 0.283 e.